The number of hydrogen-bond donors (Lipinski definition) is 2. The summed E-state index contributed by atoms with van der Waals surface area (Å²) in [6, 6.07) is 6.65. The highest BCUT2D eigenvalue weighted by Gasteiger charge is 2.28. The molecule has 0 spiro atoms. The lowest BCUT2D eigenvalue weighted by Crippen LogP contribution is -2.37. The second-order valence-corrected chi connectivity index (χ2v) is 5.44. The van der Waals surface area contributed by atoms with Gasteiger partial charge in [-0.05, 0) is 44.9 Å². The number of carbonyl (C=O) groups is 1. The van der Waals surface area contributed by atoms with Gasteiger partial charge in [-0.2, -0.15) is 10.3 Å². The molecule has 2 N–H and O–H groups in total. The monoisotopic (exact) mass is 294 g/mol. The molecule has 0 fully saturated rings. The molecule has 6 heteroatoms. The highest BCUT2D eigenvalue weighted by molar-refractivity contribution is 5.67. The number of benzene rings is 1. The van der Waals surface area contributed by atoms with Gasteiger partial charge >= 0.3 is 6.09 Å². The fourth-order valence-electron chi connectivity index (χ4n) is 1.65. The smallest absolute Gasteiger partial charge is 0.434 e. The summed E-state index contributed by atoms with van der Waals surface area (Å²) < 4.78 is 19.6. The standard InChI is InChI=1S/C15H20N2O4/c1-15(2,3)21-14(19)17(20)13(8-9-18)12-6-4-11(10-16)5-7-12/h4-7,13,18,20H,8-9H2,1-3H3/t13-/m0/s1/i9D2. The molecule has 0 saturated carbocycles. The first kappa shape index (κ1) is 13.9. The van der Waals surface area contributed by atoms with Crippen LogP contribution in [0.4, 0.5) is 4.79 Å². The summed E-state index contributed by atoms with van der Waals surface area (Å²) in [5, 5.41) is 28.5. The molecule has 1 aromatic rings. The van der Waals surface area contributed by atoms with E-state index in [4.69, 9.17) is 12.7 Å². The van der Waals surface area contributed by atoms with Crippen molar-refractivity contribution < 1.29 is 22.6 Å². The Bertz CT molecular complexity index is 585. The van der Waals surface area contributed by atoms with Crippen molar-refractivity contribution >= 4 is 6.09 Å². The quantitative estimate of drug-likeness (QED) is 0.657. The van der Waals surface area contributed by atoms with Crippen LogP contribution in [-0.2, 0) is 4.74 Å². The Morgan fingerprint density at radius 1 is 1.48 bits per heavy atom. The average molecular weight is 294 g/mol. The maximum Gasteiger partial charge on any atom is 0.434 e. The van der Waals surface area contributed by atoms with E-state index in [9.17, 15) is 15.1 Å². The molecule has 0 bridgehead atoms. The third-order valence-electron chi connectivity index (χ3n) is 2.58. The maximum atomic E-state index is 12.0. The molecular weight excluding hydrogens is 272 g/mol. The van der Waals surface area contributed by atoms with Crippen molar-refractivity contribution in [2.45, 2.75) is 38.8 Å². The zero-order valence-electron chi connectivity index (χ0n) is 14.2. The molecule has 0 heterocycles. The van der Waals surface area contributed by atoms with Gasteiger partial charge in [-0.15, -0.1) is 0 Å². The molecule has 0 aromatic heterocycles. The summed E-state index contributed by atoms with van der Waals surface area (Å²) in [4.78, 5) is 12.0. The Kier molecular flexibility index (Phi) is 4.66. The van der Waals surface area contributed by atoms with Crippen molar-refractivity contribution in [3.8, 4) is 6.07 Å². The number of nitriles is 1. The van der Waals surface area contributed by atoms with E-state index in [1.807, 2.05) is 6.07 Å². The molecular formula is C15H20N2O4. The van der Waals surface area contributed by atoms with E-state index < -0.39 is 30.7 Å². The predicted octanol–water partition coefficient (Wildman–Crippen LogP) is 2.61. The van der Waals surface area contributed by atoms with Gasteiger partial charge in [0, 0.05) is 6.56 Å². The Morgan fingerprint density at radius 3 is 2.48 bits per heavy atom. The van der Waals surface area contributed by atoms with Crippen LogP contribution in [0.1, 0.15) is 47.1 Å². The minimum absolute atomic E-state index is 0.251. The lowest BCUT2D eigenvalue weighted by molar-refractivity contribution is -0.125. The van der Waals surface area contributed by atoms with Gasteiger partial charge in [0.25, 0.3) is 0 Å². The number of carbonyl (C=O) groups excluding carboxylic acids is 1. The Morgan fingerprint density at radius 2 is 2.05 bits per heavy atom. The molecule has 114 valence electrons. The fraction of sp³-hybridized carbons (Fsp3) is 0.467. The number of hydroxylamine groups is 2. The molecule has 6 nitrogen and oxygen atoms in total. The number of nitrogens with zero attached hydrogens (tertiary/aromatic N) is 2. The minimum Gasteiger partial charge on any atom is -0.442 e. The number of hydrogen-bond acceptors (Lipinski definition) is 5. The van der Waals surface area contributed by atoms with Crippen molar-refractivity contribution in [3.63, 3.8) is 0 Å². The van der Waals surface area contributed by atoms with E-state index in [2.05, 4.69) is 0 Å². The summed E-state index contributed by atoms with van der Waals surface area (Å²) in [7, 11) is 0. The van der Waals surface area contributed by atoms with Crippen molar-refractivity contribution in [2.75, 3.05) is 6.56 Å². The third-order valence-corrected chi connectivity index (χ3v) is 2.58. The normalized spacial score (nSPS) is 14.5. The summed E-state index contributed by atoms with van der Waals surface area (Å²) in [5.74, 6) is 0. The van der Waals surface area contributed by atoms with Crippen molar-refractivity contribution in [1.29, 1.82) is 5.26 Å². The molecule has 0 aliphatic rings. The van der Waals surface area contributed by atoms with E-state index >= 15 is 0 Å². The number of amides is 1. The van der Waals surface area contributed by atoms with Crippen LogP contribution in [0.25, 0.3) is 0 Å². The van der Waals surface area contributed by atoms with Crippen LogP contribution in [-0.4, -0.2) is 33.6 Å². The molecule has 21 heavy (non-hydrogen) atoms. The molecule has 0 aliphatic carbocycles. The van der Waals surface area contributed by atoms with Gasteiger partial charge in [-0.1, -0.05) is 12.1 Å². The van der Waals surface area contributed by atoms with Gasteiger partial charge in [0.2, 0.25) is 0 Å². The van der Waals surface area contributed by atoms with E-state index in [1.165, 1.54) is 24.3 Å². The molecule has 1 atom stereocenters. The third kappa shape index (κ3) is 5.06. The molecule has 1 rings (SSSR count). The zero-order chi connectivity index (χ0) is 17.8. The molecule has 0 saturated heterocycles. The van der Waals surface area contributed by atoms with Crippen LogP contribution in [0.3, 0.4) is 0 Å². The van der Waals surface area contributed by atoms with Gasteiger partial charge in [-0.3, -0.25) is 5.21 Å². The summed E-state index contributed by atoms with van der Waals surface area (Å²) >= 11 is 0. The first-order chi connectivity index (χ1) is 10.4. The molecule has 0 unspecified atom stereocenters. The number of ether oxygens (including phenoxy) is 1. The fourth-order valence-corrected chi connectivity index (χ4v) is 1.65. The second-order valence-electron chi connectivity index (χ2n) is 5.44. The first-order valence-corrected chi connectivity index (χ1v) is 6.36. The lowest BCUT2D eigenvalue weighted by Gasteiger charge is -2.28. The van der Waals surface area contributed by atoms with E-state index in [0.29, 0.717) is 11.1 Å². The molecule has 1 amide bonds. The van der Waals surface area contributed by atoms with Gasteiger partial charge in [0.15, 0.2) is 0 Å². The summed E-state index contributed by atoms with van der Waals surface area (Å²) in [6.45, 7) is 2.27. The van der Waals surface area contributed by atoms with Gasteiger partial charge in [-0.25, -0.2) is 4.79 Å². The lowest BCUT2D eigenvalue weighted by atomic mass is 10.0. The van der Waals surface area contributed by atoms with Crippen molar-refractivity contribution in [3.05, 3.63) is 35.4 Å². The summed E-state index contributed by atoms with van der Waals surface area (Å²) in [5.41, 5.74) is -0.109. The van der Waals surface area contributed by atoms with Crippen LogP contribution < -0.4 is 0 Å². The topological polar surface area (TPSA) is 93.8 Å². The number of rotatable bonds is 4. The van der Waals surface area contributed by atoms with Gasteiger partial charge in [0.1, 0.15) is 5.60 Å². The van der Waals surface area contributed by atoms with Crippen LogP contribution in [0.5, 0.6) is 0 Å². The molecule has 0 aliphatic heterocycles. The van der Waals surface area contributed by atoms with Crippen LogP contribution in [0.2, 0.25) is 0 Å². The Hall–Kier alpha value is -2.10. The minimum atomic E-state index is -2.61. The van der Waals surface area contributed by atoms with E-state index in [0.717, 1.165) is 0 Å². The largest absolute Gasteiger partial charge is 0.442 e. The number of aliphatic hydroxyl groups is 1. The van der Waals surface area contributed by atoms with Crippen molar-refractivity contribution in [1.82, 2.24) is 5.06 Å². The van der Waals surface area contributed by atoms with E-state index in [1.54, 1.807) is 20.8 Å². The maximum absolute atomic E-state index is 12.0. The van der Waals surface area contributed by atoms with Gasteiger partial charge in [0.05, 0.1) is 20.4 Å². The Labute approximate surface area is 126 Å². The summed E-state index contributed by atoms with van der Waals surface area (Å²) in [6.07, 6.45) is -1.62. The van der Waals surface area contributed by atoms with E-state index in [-0.39, 0.29) is 5.06 Å². The predicted molar refractivity (Wildman–Crippen MR) is 75.5 cm³/mol. The zero-order valence-corrected chi connectivity index (χ0v) is 12.2. The Balaban J connectivity index is 3.09. The highest BCUT2D eigenvalue weighted by Crippen LogP contribution is 2.25. The van der Waals surface area contributed by atoms with Crippen LogP contribution >= 0.6 is 0 Å². The molecule has 1 aromatic carbocycles. The highest BCUT2D eigenvalue weighted by atomic mass is 16.6. The SMILES string of the molecule is [2H]C([2H])(O)C[C@@H](c1ccc(C#N)cc1)N(O)C(=O)OC(C)(C)C. The van der Waals surface area contributed by atoms with Crippen LogP contribution in [0, 0.1) is 11.3 Å². The molecule has 0 radical (unpaired) electrons. The first-order valence-electron chi connectivity index (χ1n) is 7.36. The van der Waals surface area contributed by atoms with Crippen molar-refractivity contribution in [2.24, 2.45) is 0 Å². The van der Waals surface area contributed by atoms with Gasteiger partial charge < -0.3 is 9.84 Å². The average Bonchev–Trinajstić information content (AvgIpc) is 2.41. The second kappa shape index (κ2) is 7.07. The van der Waals surface area contributed by atoms with Crippen LogP contribution in [0.15, 0.2) is 24.3 Å².